The molecule has 0 atom stereocenters. The van der Waals surface area contributed by atoms with E-state index >= 15 is 0 Å². The highest BCUT2D eigenvalue weighted by molar-refractivity contribution is 7.22. The largest absolute Gasteiger partial charge is 0.489 e. The summed E-state index contributed by atoms with van der Waals surface area (Å²) in [5, 5.41) is 3.07. The highest BCUT2D eigenvalue weighted by Gasteiger charge is 2.25. The number of rotatable bonds is 6. The molecule has 180 valence electrons. The number of nitrogens with one attached hydrogen (secondary N) is 2. The van der Waals surface area contributed by atoms with Gasteiger partial charge in [-0.15, -0.1) is 11.3 Å². The van der Waals surface area contributed by atoms with Crippen LogP contribution < -0.4 is 10.1 Å². The highest BCUT2D eigenvalue weighted by atomic mass is 35.5. The Morgan fingerprint density at radius 3 is 2.63 bits per heavy atom. The molecule has 1 aliphatic heterocycles. The summed E-state index contributed by atoms with van der Waals surface area (Å²) in [5.41, 5.74) is 2.45. The molecule has 0 spiro atoms. The molecule has 0 saturated carbocycles. The molecule has 5 rings (SSSR count). The predicted molar refractivity (Wildman–Crippen MR) is 136 cm³/mol. The Morgan fingerprint density at radius 2 is 1.89 bits per heavy atom. The van der Waals surface area contributed by atoms with Crippen molar-refractivity contribution in [2.75, 3.05) is 19.6 Å². The number of likely N-dealkylation sites (tertiary alicyclic amines) is 1. The number of aromatic amines is 1. The van der Waals surface area contributed by atoms with Gasteiger partial charge in [-0.3, -0.25) is 9.59 Å². The quantitative estimate of drug-likeness (QED) is 0.359. The van der Waals surface area contributed by atoms with Crippen LogP contribution in [0.2, 0.25) is 5.02 Å². The zero-order valence-electron chi connectivity index (χ0n) is 18.7. The van der Waals surface area contributed by atoms with Crippen LogP contribution in [0.25, 0.3) is 20.7 Å². The summed E-state index contributed by atoms with van der Waals surface area (Å²) in [6, 6.07) is 17.9. The second-order valence-electron chi connectivity index (χ2n) is 8.39. The first-order valence-electron chi connectivity index (χ1n) is 11.3. The third-order valence-corrected chi connectivity index (χ3v) is 7.43. The zero-order chi connectivity index (χ0) is 24.4. The standard InChI is InChI=1S/C26H23ClFN3O3S/c27-19-7-6-17(28)12-22(19)34-18-8-10-31(11-9-18)25(32)15-29-26(33)21-14-24-20(30-21)13-23(35-24)16-4-2-1-3-5-16/h1-7,12-14,18,30H,8-11,15H2,(H,29,33). The number of carbonyl (C=O) groups excluding carboxylic acids is 2. The molecule has 3 heterocycles. The van der Waals surface area contributed by atoms with E-state index in [0.29, 0.717) is 42.4 Å². The molecule has 2 aromatic heterocycles. The number of aromatic nitrogens is 1. The third kappa shape index (κ3) is 5.33. The van der Waals surface area contributed by atoms with Crippen LogP contribution in [0.4, 0.5) is 4.39 Å². The summed E-state index contributed by atoms with van der Waals surface area (Å²) in [6.45, 7) is 0.904. The van der Waals surface area contributed by atoms with Gasteiger partial charge in [0.15, 0.2) is 0 Å². The maximum atomic E-state index is 13.4. The molecule has 4 aromatic rings. The van der Waals surface area contributed by atoms with E-state index in [1.165, 1.54) is 18.2 Å². The molecule has 2 amide bonds. The summed E-state index contributed by atoms with van der Waals surface area (Å²) in [6.07, 6.45) is 1.05. The van der Waals surface area contributed by atoms with Gasteiger partial charge < -0.3 is 19.9 Å². The molecule has 9 heteroatoms. The maximum Gasteiger partial charge on any atom is 0.268 e. The van der Waals surface area contributed by atoms with Crippen LogP contribution in [0.1, 0.15) is 23.3 Å². The Labute approximate surface area is 210 Å². The lowest BCUT2D eigenvalue weighted by Crippen LogP contribution is -2.46. The first kappa shape index (κ1) is 23.4. The van der Waals surface area contributed by atoms with Crippen LogP contribution in [-0.2, 0) is 4.79 Å². The van der Waals surface area contributed by atoms with E-state index in [1.807, 2.05) is 30.3 Å². The van der Waals surface area contributed by atoms with Crippen molar-refractivity contribution in [2.24, 2.45) is 0 Å². The molecule has 6 nitrogen and oxygen atoms in total. The van der Waals surface area contributed by atoms with Crippen molar-refractivity contribution < 1.29 is 18.7 Å². The molecule has 1 aliphatic rings. The lowest BCUT2D eigenvalue weighted by Gasteiger charge is -2.32. The normalized spacial score (nSPS) is 14.3. The minimum atomic E-state index is -0.411. The van der Waals surface area contributed by atoms with Crippen molar-refractivity contribution in [3.8, 4) is 16.2 Å². The summed E-state index contributed by atoms with van der Waals surface area (Å²) in [4.78, 5) is 31.2. The van der Waals surface area contributed by atoms with Crippen LogP contribution in [0, 0.1) is 5.82 Å². The number of halogens is 2. The number of thiophene rings is 1. The van der Waals surface area contributed by atoms with Gasteiger partial charge in [0.05, 0.1) is 21.8 Å². The number of amides is 2. The number of benzene rings is 2. The van der Waals surface area contributed by atoms with Gasteiger partial charge in [-0.25, -0.2) is 4.39 Å². The van der Waals surface area contributed by atoms with Crippen molar-refractivity contribution in [1.29, 1.82) is 0 Å². The molecule has 0 unspecified atom stereocenters. The Hall–Kier alpha value is -3.36. The van der Waals surface area contributed by atoms with Crippen molar-refractivity contribution >= 4 is 45.0 Å². The van der Waals surface area contributed by atoms with Crippen molar-refractivity contribution in [2.45, 2.75) is 18.9 Å². The lowest BCUT2D eigenvalue weighted by atomic mass is 10.1. The van der Waals surface area contributed by atoms with E-state index in [-0.39, 0.29) is 24.5 Å². The molecule has 1 saturated heterocycles. The molecule has 0 radical (unpaired) electrons. The van der Waals surface area contributed by atoms with Crippen LogP contribution in [0.15, 0.2) is 60.7 Å². The van der Waals surface area contributed by atoms with Crippen molar-refractivity contribution in [3.05, 3.63) is 77.2 Å². The topological polar surface area (TPSA) is 74.4 Å². The smallest absolute Gasteiger partial charge is 0.268 e. The first-order chi connectivity index (χ1) is 17.0. The predicted octanol–water partition coefficient (Wildman–Crippen LogP) is 5.49. The van der Waals surface area contributed by atoms with E-state index in [4.69, 9.17) is 16.3 Å². The van der Waals surface area contributed by atoms with Crippen LogP contribution in [0.5, 0.6) is 5.75 Å². The Kier molecular flexibility index (Phi) is 6.74. The summed E-state index contributed by atoms with van der Waals surface area (Å²) < 4.78 is 20.3. The third-order valence-electron chi connectivity index (χ3n) is 5.99. The molecule has 0 bridgehead atoms. The lowest BCUT2D eigenvalue weighted by molar-refractivity contribution is -0.131. The van der Waals surface area contributed by atoms with Crippen LogP contribution in [0.3, 0.4) is 0 Å². The highest BCUT2D eigenvalue weighted by Crippen LogP contribution is 2.33. The Balaban J connectivity index is 1.11. The summed E-state index contributed by atoms with van der Waals surface area (Å²) >= 11 is 7.68. The molecule has 35 heavy (non-hydrogen) atoms. The number of hydrogen-bond acceptors (Lipinski definition) is 4. The van der Waals surface area contributed by atoms with Gasteiger partial charge in [0.2, 0.25) is 5.91 Å². The first-order valence-corrected chi connectivity index (χ1v) is 12.5. The fraction of sp³-hybridized carbons (Fsp3) is 0.231. The van der Waals surface area contributed by atoms with Gasteiger partial charge >= 0.3 is 0 Å². The SMILES string of the molecule is O=C(NCC(=O)N1CCC(Oc2cc(F)ccc2Cl)CC1)c1cc2sc(-c3ccccc3)cc2[nH]1. The van der Waals surface area contributed by atoms with Gasteiger partial charge in [-0.05, 0) is 29.8 Å². The summed E-state index contributed by atoms with van der Waals surface area (Å²) in [7, 11) is 0. The van der Waals surface area contributed by atoms with Gasteiger partial charge in [0, 0.05) is 36.9 Å². The fourth-order valence-corrected chi connectivity index (χ4v) is 5.35. The van der Waals surface area contributed by atoms with E-state index in [2.05, 4.69) is 22.4 Å². The molecular weight excluding hydrogens is 489 g/mol. The van der Waals surface area contributed by atoms with Crippen LogP contribution in [-0.4, -0.2) is 47.4 Å². The van der Waals surface area contributed by atoms with Gasteiger partial charge in [0.25, 0.3) is 5.91 Å². The van der Waals surface area contributed by atoms with Crippen LogP contribution >= 0.6 is 22.9 Å². The molecule has 2 N–H and O–H groups in total. The number of hydrogen-bond donors (Lipinski definition) is 2. The van der Waals surface area contributed by atoms with E-state index < -0.39 is 5.82 Å². The number of H-pyrrole nitrogens is 1. The summed E-state index contributed by atoms with van der Waals surface area (Å²) in [5.74, 6) is -0.570. The number of fused-ring (bicyclic) bond motifs is 1. The van der Waals surface area contributed by atoms with E-state index in [1.54, 1.807) is 16.2 Å². The minimum Gasteiger partial charge on any atom is -0.489 e. The number of nitrogens with zero attached hydrogens (tertiary/aromatic N) is 1. The monoisotopic (exact) mass is 511 g/mol. The van der Waals surface area contributed by atoms with Crippen molar-refractivity contribution in [3.63, 3.8) is 0 Å². The molecule has 2 aromatic carbocycles. The number of ether oxygens (including phenoxy) is 1. The van der Waals surface area contributed by atoms with Crippen molar-refractivity contribution in [1.82, 2.24) is 15.2 Å². The van der Waals surface area contributed by atoms with E-state index in [9.17, 15) is 14.0 Å². The van der Waals surface area contributed by atoms with Gasteiger partial charge in [-0.2, -0.15) is 0 Å². The second kappa shape index (κ2) is 10.1. The Morgan fingerprint density at radius 1 is 1.11 bits per heavy atom. The molecule has 1 fully saturated rings. The zero-order valence-corrected chi connectivity index (χ0v) is 20.3. The number of piperidine rings is 1. The Bertz CT molecular complexity index is 1330. The molecular formula is C26H23ClFN3O3S. The van der Waals surface area contributed by atoms with Gasteiger partial charge in [0.1, 0.15) is 23.4 Å². The average molecular weight is 512 g/mol. The van der Waals surface area contributed by atoms with Gasteiger partial charge in [-0.1, -0.05) is 41.9 Å². The fourth-order valence-electron chi connectivity index (χ4n) is 4.12. The second-order valence-corrected chi connectivity index (χ2v) is 9.88. The molecule has 0 aliphatic carbocycles. The van der Waals surface area contributed by atoms with E-state index in [0.717, 1.165) is 20.7 Å². The average Bonchev–Trinajstić information content (AvgIpc) is 3.45. The maximum absolute atomic E-state index is 13.4. The number of carbonyl (C=O) groups is 2. The minimum absolute atomic E-state index is 0.0813.